The second-order valence-corrected chi connectivity index (χ2v) is 5.69. The molecule has 0 aliphatic heterocycles. The molecule has 0 rings (SSSR count). The van der Waals surface area contributed by atoms with E-state index in [0.29, 0.717) is 0 Å². The van der Waals surface area contributed by atoms with Gasteiger partial charge >= 0.3 is 46.2 Å². The van der Waals surface area contributed by atoms with Crippen molar-refractivity contribution in [3.05, 3.63) is 0 Å². The number of hydrogen-bond acceptors (Lipinski definition) is 3. The predicted octanol–water partition coefficient (Wildman–Crippen LogP) is -1.92. The van der Waals surface area contributed by atoms with E-state index < -0.39 is 14.7 Å². The maximum atomic E-state index is 8.27. The molecule has 0 aromatic rings. The van der Waals surface area contributed by atoms with Gasteiger partial charge in [0.2, 0.25) is 0 Å². The third kappa shape index (κ3) is 3.06. The van der Waals surface area contributed by atoms with Crippen molar-refractivity contribution < 1.29 is 15.3 Å². The standard InChI is InChI=1S/C3H9AsO3/c5-1-4(2-6)3-7/h5-7H,1-3H2. The summed E-state index contributed by atoms with van der Waals surface area (Å²) in [6.45, 7) is 0. The summed E-state index contributed by atoms with van der Waals surface area (Å²) in [7, 11) is 0. The molecular weight excluding hydrogens is 159 g/mol. The van der Waals surface area contributed by atoms with Gasteiger partial charge in [0.05, 0.1) is 0 Å². The number of aliphatic hydroxyl groups excluding tert-OH is 3. The van der Waals surface area contributed by atoms with Crippen molar-refractivity contribution in [2.24, 2.45) is 0 Å². The molecule has 0 aromatic carbocycles. The van der Waals surface area contributed by atoms with Gasteiger partial charge in [-0.15, -0.1) is 0 Å². The minimum absolute atomic E-state index is 0. The summed E-state index contributed by atoms with van der Waals surface area (Å²) in [5.74, 6) is 0. The first-order valence-electron chi connectivity index (χ1n) is 1.90. The van der Waals surface area contributed by atoms with E-state index in [0.717, 1.165) is 0 Å². The summed E-state index contributed by atoms with van der Waals surface area (Å²) in [5.41, 5.74) is 0. The Kier molecular flexibility index (Phi) is 4.88. The molecule has 0 aromatic heterocycles. The van der Waals surface area contributed by atoms with Crippen LogP contribution in [0.15, 0.2) is 0 Å². The molecule has 0 saturated carbocycles. The van der Waals surface area contributed by atoms with Crippen molar-refractivity contribution in [2.75, 3.05) is 16.2 Å². The van der Waals surface area contributed by atoms with Gasteiger partial charge in [-0.1, -0.05) is 0 Å². The molecule has 0 atom stereocenters. The van der Waals surface area contributed by atoms with Crippen LogP contribution in [0.1, 0.15) is 0 Å². The van der Waals surface area contributed by atoms with Gasteiger partial charge in [0, 0.05) is 0 Å². The second kappa shape index (κ2) is 4.59. The topological polar surface area (TPSA) is 60.7 Å². The number of aliphatic hydroxyl groups is 3. The Morgan fingerprint density at radius 3 is 1.14 bits per heavy atom. The van der Waals surface area contributed by atoms with E-state index in [-0.39, 0.29) is 16.2 Å². The van der Waals surface area contributed by atoms with E-state index >= 15 is 0 Å². The van der Waals surface area contributed by atoms with Crippen LogP contribution in [0.4, 0.5) is 0 Å². The first-order valence-corrected chi connectivity index (χ1v) is 5.88. The van der Waals surface area contributed by atoms with Crippen molar-refractivity contribution in [3.8, 4) is 0 Å². The van der Waals surface area contributed by atoms with Gasteiger partial charge in [0.25, 0.3) is 0 Å². The SMILES string of the molecule is OC[As](CO)CO. The Morgan fingerprint density at radius 1 is 0.857 bits per heavy atom. The molecule has 0 bridgehead atoms. The van der Waals surface area contributed by atoms with E-state index in [1.54, 1.807) is 0 Å². The Bertz CT molecular complexity index is 31.7. The molecule has 0 fully saturated rings. The van der Waals surface area contributed by atoms with Crippen LogP contribution < -0.4 is 0 Å². The quantitative estimate of drug-likeness (QED) is 0.430. The van der Waals surface area contributed by atoms with Gasteiger partial charge in [-0.05, 0) is 0 Å². The van der Waals surface area contributed by atoms with Crippen molar-refractivity contribution >= 4 is 14.7 Å². The van der Waals surface area contributed by atoms with Crippen LogP contribution >= 0.6 is 0 Å². The predicted molar refractivity (Wildman–Crippen MR) is 27.0 cm³/mol. The van der Waals surface area contributed by atoms with Gasteiger partial charge in [-0.2, -0.15) is 0 Å². The normalized spacial score (nSPS) is 10.3. The molecule has 0 aliphatic rings. The molecule has 0 spiro atoms. The Morgan fingerprint density at radius 2 is 1.14 bits per heavy atom. The molecule has 7 heavy (non-hydrogen) atoms. The fourth-order valence-electron chi connectivity index (χ4n) is 0.134. The zero-order chi connectivity index (χ0) is 5.70. The summed E-state index contributed by atoms with van der Waals surface area (Å²) in [6.07, 6.45) is 0. The molecule has 0 aliphatic carbocycles. The van der Waals surface area contributed by atoms with Crippen LogP contribution in [-0.4, -0.2) is 46.2 Å². The molecule has 4 heteroatoms. The first-order chi connectivity index (χ1) is 3.35. The monoisotopic (exact) mass is 168 g/mol. The van der Waals surface area contributed by atoms with Crippen LogP contribution in [0.3, 0.4) is 0 Å². The zero-order valence-corrected chi connectivity index (χ0v) is 5.79. The van der Waals surface area contributed by atoms with Gasteiger partial charge < -0.3 is 0 Å². The fourth-order valence-corrected chi connectivity index (χ4v) is 0.697. The fraction of sp³-hybridized carbons (Fsp3) is 1.00. The van der Waals surface area contributed by atoms with Crippen LogP contribution in [0.2, 0.25) is 0 Å². The molecule has 0 radical (unpaired) electrons. The van der Waals surface area contributed by atoms with Crippen molar-refractivity contribution in [1.29, 1.82) is 0 Å². The van der Waals surface area contributed by atoms with Crippen LogP contribution in [0, 0.1) is 0 Å². The van der Waals surface area contributed by atoms with Crippen molar-refractivity contribution in [1.82, 2.24) is 0 Å². The van der Waals surface area contributed by atoms with E-state index in [4.69, 9.17) is 15.3 Å². The zero-order valence-electron chi connectivity index (χ0n) is 3.91. The van der Waals surface area contributed by atoms with Gasteiger partial charge in [0.15, 0.2) is 0 Å². The van der Waals surface area contributed by atoms with Crippen LogP contribution in [-0.2, 0) is 0 Å². The Hall–Kier alpha value is 0.438. The average molecular weight is 168 g/mol. The Labute approximate surface area is 46.9 Å². The third-order valence-electron chi connectivity index (χ3n) is 0.600. The average Bonchev–Trinajstić information content (AvgIpc) is 1.72. The second-order valence-electron chi connectivity index (χ2n) is 1.10. The van der Waals surface area contributed by atoms with E-state index in [1.807, 2.05) is 0 Å². The van der Waals surface area contributed by atoms with Gasteiger partial charge in [-0.25, -0.2) is 0 Å². The van der Waals surface area contributed by atoms with E-state index in [1.165, 1.54) is 0 Å². The van der Waals surface area contributed by atoms with Crippen molar-refractivity contribution in [3.63, 3.8) is 0 Å². The van der Waals surface area contributed by atoms with E-state index in [9.17, 15) is 0 Å². The molecular formula is C3H9AsO3. The molecule has 3 N–H and O–H groups in total. The summed E-state index contributed by atoms with van der Waals surface area (Å²) < 4.78 is 0. The summed E-state index contributed by atoms with van der Waals surface area (Å²) in [4.78, 5) is 0. The van der Waals surface area contributed by atoms with Crippen LogP contribution in [0.25, 0.3) is 0 Å². The molecule has 44 valence electrons. The minimum atomic E-state index is -1.56. The molecule has 0 amide bonds. The Balaban J connectivity index is 2.99. The number of rotatable bonds is 3. The van der Waals surface area contributed by atoms with Crippen molar-refractivity contribution in [2.45, 2.75) is 0 Å². The van der Waals surface area contributed by atoms with E-state index in [2.05, 4.69) is 0 Å². The maximum absolute atomic E-state index is 8.27. The van der Waals surface area contributed by atoms with Gasteiger partial charge in [-0.3, -0.25) is 0 Å². The molecule has 0 heterocycles. The summed E-state index contributed by atoms with van der Waals surface area (Å²) >= 11 is -1.56. The molecule has 0 saturated heterocycles. The summed E-state index contributed by atoms with van der Waals surface area (Å²) in [5, 5.41) is 24.8. The first kappa shape index (κ1) is 7.44. The summed E-state index contributed by atoms with van der Waals surface area (Å²) in [6, 6.07) is 0. The number of hydrogen-bond donors (Lipinski definition) is 3. The van der Waals surface area contributed by atoms with Gasteiger partial charge in [0.1, 0.15) is 0 Å². The third-order valence-corrected chi connectivity index (χ3v) is 3.12. The van der Waals surface area contributed by atoms with Crippen LogP contribution in [0.5, 0.6) is 0 Å². The molecule has 0 unspecified atom stereocenters. The molecule has 3 nitrogen and oxygen atoms in total.